The largest absolute Gasteiger partial charge is 0.379 e. The van der Waals surface area contributed by atoms with Crippen molar-refractivity contribution >= 4 is 0 Å². The number of nitrogens with one attached hydrogen (secondary N) is 1. The second-order valence-corrected chi connectivity index (χ2v) is 5.28. The van der Waals surface area contributed by atoms with Gasteiger partial charge < -0.3 is 15.0 Å². The molecular weight excluding hydrogens is 242 g/mol. The summed E-state index contributed by atoms with van der Waals surface area (Å²) in [6.45, 7) is 8.31. The minimum absolute atomic E-state index is 0.463. The van der Waals surface area contributed by atoms with Crippen LogP contribution in [0.4, 0.5) is 0 Å². The molecule has 0 fully saturated rings. The minimum atomic E-state index is 0.463. The van der Waals surface area contributed by atoms with Crippen molar-refractivity contribution in [1.82, 2.24) is 25.2 Å². The Morgan fingerprint density at radius 1 is 1.37 bits per heavy atom. The maximum absolute atomic E-state index is 5.56. The van der Waals surface area contributed by atoms with Gasteiger partial charge in [0.2, 0.25) is 0 Å². The van der Waals surface area contributed by atoms with E-state index >= 15 is 0 Å². The number of ether oxygens (including phenoxy) is 1. The lowest BCUT2D eigenvalue weighted by Crippen LogP contribution is -2.21. The normalized spacial score (nSPS) is 11.7. The molecule has 0 unspecified atom stereocenters. The molecule has 0 amide bonds. The van der Waals surface area contributed by atoms with Crippen molar-refractivity contribution in [3.05, 3.63) is 11.9 Å². The number of nitrogens with zero attached hydrogens (tertiary/aromatic N) is 4. The molecule has 0 aliphatic rings. The van der Waals surface area contributed by atoms with Crippen LogP contribution in [-0.2, 0) is 17.8 Å². The molecule has 19 heavy (non-hydrogen) atoms. The van der Waals surface area contributed by atoms with Crippen LogP contribution in [0, 0.1) is 0 Å². The average Bonchev–Trinajstić information content (AvgIpc) is 2.78. The molecule has 0 spiro atoms. The first-order valence-corrected chi connectivity index (χ1v) is 6.93. The summed E-state index contributed by atoms with van der Waals surface area (Å²) in [5.74, 6) is 0. The summed E-state index contributed by atoms with van der Waals surface area (Å²) in [5, 5.41) is 11.5. The van der Waals surface area contributed by atoms with Crippen molar-refractivity contribution < 1.29 is 4.74 Å². The third-order valence-electron chi connectivity index (χ3n) is 2.64. The summed E-state index contributed by atoms with van der Waals surface area (Å²) >= 11 is 0. The fourth-order valence-corrected chi connectivity index (χ4v) is 1.58. The molecule has 0 atom stereocenters. The molecule has 0 aromatic carbocycles. The topological polar surface area (TPSA) is 55.2 Å². The van der Waals surface area contributed by atoms with Gasteiger partial charge in [0.25, 0.3) is 0 Å². The van der Waals surface area contributed by atoms with Gasteiger partial charge in [-0.15, -0.1) is 5.10 Å². The van der Waals surface area contributed by atoms with E-state index in [0.717, 1.165) is 38.4 Å². The summed E-state index contributed by atoms with van der Waals surface area (Å²) in [5.41, 5.74) is 0.973. The van der Waals surface area contributed by atoms with E-state index in [-0.39, 0.29) is 0 Å². The van der Waals surface area contributed by atoms with Gasteiger partial charge in [-0.25, -0.2) is 4.68 Å². The number of aromatic nitrogens is 3. The second kappa shape index (κ2) is 9.01. The predicted octanol–water partition coefficient (Wildman–Crippen LogP) is 0.744. The Labute approximate surface area is 116 Å². The van der Waals surface area contributed by atoms with E-state index in [9.17, 15) is 0 Å². The molecule has 0 saturated heterocycles. The standard InChI is InChI=1S/C13H27N5O/c1-12(2)14-10-13-11-18(16-15-13)7-9-19-8-5-6-17(3)4/h11-12,14H,5-10H2,1-4H3. The molecule has 0 radical (unpaired) electrons. The lowest BCUT2D eigenvalue weighted by atomic mass is 10.3. The molecule has 1 rings (SSSR count). The van der Waals surface area contributed by atoms with E-state index in [2.05, 4.69) is 48.5 Å². The Hall–Kier alpha value is -0.980. The number of hydrogen-bond acceptors (Lipinski definition) is 5. The Kier molecular flexibility index (Phi) is 7.62. The highest BCUT2D eigenvalue weighted by molar-refractivity contribution is 4.91. The van der Waals surface area contributed by atoms with Crippen LogP contribution in [0.3, 0.4) is 0 Å². The van der Waals surface area contributed by atoms with E-state index in [0.29, 0.717) is 12.6 Å². The summed E-state index contributed by atoms with van der Waals surface area (Å²) in [6, 6.07) is 0.463. The third-order valence-corrected chi connectivity index (χ3v) is 2.64. The molecule has 1 aromatic rings. The average molecular weight is 269 g/mol. The second-order valence-electron chi connectivity index (χ2n) is 5.28. The molecule has 6 heteroatoms. The van der Waals surface area contributed by atoms with Crippen LogP contribution < -0.4 is 5.32 Å². The fourth-order valence-electron chi connectivity index (χ4n) is 1.58. The van der Waals surface area contributed by atoms with E-state index in [1.54, 1.807) is 0 Å². The predicted molar refractivity (Wildman–Crippen MR) is 76.0 cm³/mol. The Morgan fingerprint density at radius 2 is 2.16 bits per heavy atom. The molecule has 6 nitrogen and oxygen atoms in total. The van der Waals surface area contributed by atoms with E-state index in [1.165, 1.54) is 0 Å². The first kappa shape index (κ1) is 16.1. The summed E-state index contributed by atoms with van der Waals surface area (Å²) in [6.07, 6.45) is 3.03. The highest BCUT2D eigenvalue weighted by Crippen LogP contribution is 1.94. The minimum Gasteiger partial charge on any atom is -0.379 e. The lowest BCUT2D eigenvalue weighted by Gasteiger charge is -2.09. The van der Waals surface area contributed by atoms with Crippen LogP contribution in [0.1, 0.15) is 26.0 Å². The maximum atomic E-state index is 5.56. The monoisotopic (exact) mass is 269 g/mol. The van der Waals surface area contributed by atoms with Crippen molar-refractivity contribution in [1.29, 1.82) is 0 Å². The van der Waals surface area contributed by atoms with Crippen LogP contribution in [0.15, 0.2) is 6.20 Å². The smallest absolute Gasteiger partial charge is 0.0964 e. The Balaban J connectivity index is 2.09. The van der Waals surface area contributed by atoms with E-state index < -0.39 is 0 Å². The van der Waals surface area contributed by atoms with Gasteiger partial charge in [0, 0.05) is 25.4 Å². The van der Waals surface area contributed by atoms with Crippen LogP contribution >= 0.6 is 0 Å². The zero-order chi connectivity index (χ0) is 14.1. The zero-order valence-electron chi connectivity index (χ0n) is 12.6. The molecule has 0 bridgehead atoms. The highest BCUT2D eigenvalue weighted by atomic mass is 16.5. The van der Waals surface area contributed by atoms with Crippen LogP contribution in [-0.4, -0.2) is 59.8 Å². The van der Waals surface area contributed by atoms with E-state index in [1.807, 2.05) is 10.9 Å². The zero-order valence-corrected chi connectivity index (χ0v) is 12.6. The van der Waals surface area contributed by atoms with Crippen LogP contribution in [0.25, 0.3) is 0 Å². The van der Waals surface area contributed by atoms with Gasteiger partial charge in [0.05, 0.1) is 18.8 Å². The van der Waals surface area contributed by atoms with Gasteiger partial charge in [-0.2, -0.15) is 0 Å². The summed E-state index contributed by atoms with van der Waals surface area (Å²) in [4.78, 5) is 2.16. The van der Waals surface area contributed by atoms with Gasteiger partial charge in [-0.1, -0.05) is 19.1 Å². The molecule has 0 saturated carbocycles. The Morgan fingerprint density at radius 3 is 2.84 bits per heavy atom. The number of hydrogen-bond donors (Lipinski definition) is 1. The molecule has 0 aliphatic heterocycles. The van der Waals surface area contributed by atoms with Crippen LogP contribution in [0.5, 0.6) is 0 Å². The van der Waals surface area contributed by atoms with Crippen molar-refractivity contribution in [3.8, 4) is 0 Å². The highest BCUT2D eigenvalue weighted by Gasteiger charge is 2.01. The van der Waals surface area contributed by atoms with Gasteiger partial charge >= 0.3 is 0 Å². The van der Waals surface area contributed by atoms with Crippen molar-refractivity contribution in [3.63, 3.8) is 0 Å². The fraction of sp³-hybridized carbons (Fsp3) is 0.846. The van der Waals surface area contributed by atoms with Crippen LogP contribution in [0.2, 0.25) is 0 Å². The van der Waals surface area contributed by atoms with Gasteiger partial charge in [0.1, 0.15) is 0 Å². The maximum Gasteiger partial charge on any atom is 0.0964 e. The summed E-state index contributed by atoms with van der Waals surface area (Å²) in [7, 11) is 4.14. The molecule has 1 N–H and O–H groups in total. The molecule has 0 aliphatic carbocycles. The van der Waals surface area contributed by atoms with Gasteiger partial charge in [0.15, 0.2) is 0 Å². The molecule has 1 heterocycles. The SMILES string of the molecule is CC(C)NCc1cn(CCOCCCN(C)C)nn1. The lowest BCUT2D eigenvalue weighted by molar-refractivity contribution is 0.116. The number of rotatable bonds is 10. The Bertz CT molecular complexity index is 338. The first-order valence-electron chi connectivity index (χ1n) is 6.93. The summed E-state index contributed by atoms with van der Waals surface area (Å²) < 4.78 is 7.40. The first-order chi connectivity index (χ1) is 9.08. The van der Waals surface area contributed by atoms with Crippen molar-refractivity contribution in [2.45, 2.75) is 39.4 Å². The van der Waals surface area contributed by atoms with Crippen molar-refractivity contribution in [2.24, 2.45) is 0 Å². The molecule has 1 aromatic heterocycles. The van der Waals surface area contributed by atoms with Crippen molar-refractivity contribution in [2.75, 3.05) is 33.9 Å². The van der Waals surface area contributed by atoms with Gasteiger partial charge in [-0.05, 0) is 27.1 Å². The third kappa shape index (κ3) is 7.92. The van der Waals surface area contributed by atoms with Gasteiger partial charge in [-0.3, -0.25) is 0 Å². The van der Waals surface area contributed by atoms with E-state index in [4.69, 9.17) is 4.74 Å². The quantitative estimate of drug-likeness (QED) is 0.635. The molecular formula is C13H27N5O. The molecule has 110 valence electrons.